The first-order valence-corrected chi connectivity index (χ1v) is 14.1. The Morgan fingerprint density at radius 3 is 2.47 bits per heavy atom. The minimum Gasteiger partial charge on any atom is -0.338 e. The van der Waals surface area contributed by atoms with E-state index in [0.717, 1.165) is 22.4 Å². The van der Waals surface area contributed by atoms with Crippen LogP contribution in [0.25, 0.3) is 33.5 Å². The van der Waals surface area contributed by atoms with Gasteiger partial charge in [0.2, 0.25) is 16.0 Å². The van der Waals surface area contributed by atoms with Crippen LogP contribution in [0.1, 0.15) is 12.6 Å². The van der Waals surface area contributed by atoms with Crippen LogP contribution in [0.2, 0.25) is 0 Å². The van der Waals surface area contributed by atoms with Gasteiger partial charge in [0.1, 0.15) is 0 Å². The van der Waals surface area contributed by atoms with Crippen LogP contribution in [0.5, 0.6) is 0 Å². The summed E-state index contributed by atoms with van der Waals surface area (Å²) in [6.07, 6.45) is 6.42. The zero-order valence-electron chi connectivity index (χ0n) is 21.2. The monoisotopic (exact) mass is 535 g/mol. The Bertz CT molecular complexity index is 1530. The van der Waals surface area contributed by atoms with Gasteiger partial charge in [-0.3, -0.25) is 15.2 Å². The van der Waals surface area contributed by atoms with Crippen molar-refractivity contribution in [1.82, 2.24) is 39.4 Å². The van der Waals surface area contributed by atoms with E-state index in [4.69, 9.17) is 0 Å². The number of sulfonamides is 1. The SMILES string of the molecule is CCNC(=O)Nc1nc2cc(-c3ccc(CN4CCN(S(C)(=O)=O)CC4)nc3)cc(-c3ncccn3)c2[nH]1. The molecule has 4 heterocycles. The van der Waals surface area contributed by atoms with E-state index in [-0.39, 0.29) is 6.03 Å². The number of fused-ring (bicyclic) bond motifs is 1. The molecule has 0 atom stereocenters. The largest absolute Gasteiger partial charge is 0.338 e. The summed E-state index contributed by atoms with van der Waals surface area (Å²) in [7, 11) is -3.15. The lowest BCUT2D eigenvalue weighted by molar-refractivity contribution is 0.180. The Morgan fingerprint density at radius 1 is 1.05 bits per heavy atom. The molecule has 2 amide bonds. The maximum Gasteiger partial charge on any atom is 0.321 e. The summed E-state index contributed by atoms with van der Waals surface area (Å²) in [4.78, 5) is 35.5. The number of benzene rings is 1. The van der Waals surface area contributed by atoms with E-state index in [1.54, 1.807) is 18.5 Å². The molecule has 12 nitrogen and oxygen atoms in total. The first kappa shape index (κ1) is 25.7. The number of hydrogen-bond acceptors (Lipinski definition) is 8. The summed E-state index contributed by atoms with van der Waals surface area (Å²) >= 11 is 0. The number of aromatic amines is 1. The van der Waals surface area contributed by atoms with Gasteiger partial charge in [0.15, 0.2) is 5.82 Å². The molecule has 0 bridgehead atoms. The van der Waals surface area contributed by atoms with E-state index in [0.29, 0.717) is 62.1 Å². The Morgan fingerprint density at radius 2 is 1.82 bits per heavy atom. The number of carbonyl (C=O) groups excluding carboxylic acids is 1. The lowest BCUT2D eigenvalue weighted by Crippen LogP contribution is -2.47. The third kappa shape index (κ3) is 5.79. The Kier molecular flexibility index (Phi) is 7.31. The fourth-order valence-corrected chi connectivity index (χ4v) is 5.23. The number of anilines is 1. The van der Waals surface area contributed by atoms with E-state index in [2.05, 4.69) is 40.5 Å². The number of H-pyrrole nitrogens is 1. The van der Waals surface area contributed by atoms with Gasteiger partial charge in [-0.25, -0.2) is 28.2 Å². The lowest BCUT2D eigenvalue weighted by Gasteiger charge is -2.32. The number of amides is 2. The second kappa shape index (κ2) is 10.8. The van der Waals surface area contributed by atoms with Crippen LogP contribution >= 0.6 is 0 Å². The molecule has 198 valence electrons. The van der Waals surface area contributed by atoms with Crippen LogP contribution in [-0.2, 0) is 16.6 Å². The van der Waals surface area contributed by atoms with Crippen LogP contribution in [0, 0.1) is 0 Å². The van der Waals surface area contributed by atoms with E-state index in [1.165, 1.54) is 10.6 Å². The fraction of sp³-hybridized carbons (Fsp3) is 0.320. The Labute approximate surface area is 220 Å². The maximum absolute atomic E-state index is 12.0. The van der Waals surface area contributed by atoms with Gasteiger partial charge in [0, 0.05) is 69.0 Å². The third-order valence-electron chi connectivity index (χ3n) is 6.31. The highest BCUT2D eigenvalue weighted by molar-refractivity contribution is 7.88. The molecule has 1 fully saturated rings. The average Bonchev–Trinajstić information content (AvgIpc) is 3.31. The van der Waals surface area contributed by atoms with Gasteiger partial charge in [-0.2, -0.15) is 4.31 Å². The maximum atomic E-state index is 12.0. The van der Waals surface area contributed by atoms with Crippen molar-refractivity contribution in [3.8, 4) is 22.5 Å². The molecule has 3 aromatic heterocycles. The summed E-state index contributed by atoms with van der Waals surface area (Å²) in [5, 5.41) is 5.41. The van der Waals surface area contributed by atoms with Gasteiger partial charge < -0.3 is 10.3 Å². The van der Waals surface area contributed by atoms with Gasteiger partial charge in [0.05, 0.1) is 23.0 Å². The number of aromatic nitrogens is 5. The number of piperazine rings is 1. The van der Waals surface area contributed by atoms with Crippen molar-refractivity contribution < 1.29 is 13.2 Å². The van der Waals surface area contributed by atoms with Crippen molar-refractivity contribution in [3.63, 3.8) is 0 Å². The number of rotatable bonds is 7. The van der Waals surface area contributed by atoms with Crippen LogP contribution in [0.3, 0.4) is 0 Å². The van der Waals surface area contributed by atoms with Gasteiger partial charge in [-0.05, 0) is 36.8 Å². The highest BCUT2D eigenvalue weighted by Crippen LogP contribution is 2.32. The van der Waals surface area contributed by atoms with Crippen LogP contribution in [0.15, 0.2) is 48.9 Å². The van der Waals surface area contributed by atoms with Crippen molar-refractivity contribution in [1.29, 1.82) is 0 Å². The average molecular weight is 536 g/mol. The molecule has 0 radical (unpaired) electrons. The normalized spacial score (nSPS) is 15.0. The van der Waals surface area contributed by atoms with E-state index in [9.17, 15) is 13.2 Å². The van der Waals surface area contributed by atoms with Crippen LogP contribution < -0.4 is 10.6 Å². The van der Waals surface area contributed by atoms with E-state index >= 15 is 0 Å². The number of hydrogen-bond donors (Lipinski definition) is 3. The number of nitrogens with one attached hydrogen (secondary N) is 3. The molecule has 0 saturated carbocycles. The summed E-state index contributed by atoms with van der Waals surface area (Å²) in [5.74, 6) is 0.857. The predicted molar refractivity (Wildman–Crippen MR) is 145 cm³/mol. The molecule has 0 spiro atoms. The fourth-order valence-electron chi connectivity index (χ4n) is 4.40. The molecule has 3 N–H and O–H groups in total. The summed E-state index contributed by atoms with van der Waals surface area (Å²) in [6, 6.07) is 9.31. The molecule has 13 heteroatoms. The third-order valence-corrected chi connectivity index (χ3v) is 7.62. The zero-order chi connectivity index (χ0) is 26.7. The molecule has 5 rings (SSSR count). The van der Waals surface area contributed by atoms with Gasteiger partial charge >= 0.3 is 6.03 Å². The number of imidazole rings is 1. The Hall–Kier alpha value is -3.94. The van der Waals surface area contributed by atoms with Gasteiger partial charge in [-0.15, -0.1) is 0 Å². The van der Waals surface area contributed by atoms with Crippen LogP contribution in [-0.4, -0.2) is 87.6 Å². The van der Waals surface area contributed by atoms with E-state index < -0.39 is 10.0 Å². The van der Waals surface area contributed by atoms with Crippen molar-refractivity contribution in [3.05, 3.63) is 54.6 Å². The smallest absolute Gasteiger partial charge is 0.321 e. The zero-order valence-corrected chi connectivity index (χ0v) is 22.0. The quantitative estimate of drug-likeness (QED) is 0.326. The minimum absolute atomic E-state index is 0.324. The predicted octanol–water partition coefficient (Wildman–Crippen LogP) is 2.30. The second-order valence-corrected chi connectivity index (χ2v) is 11.0. The molecule has 1 aromatic carbocycles. The van der Waals surface area contributed by atoms with Crippen LogP contribution in [0.4, 0.5) is 10.7 Å². The van der Waals surface area contributed by atoms with Crippen molar-refractivity contribution in [2.24, 2.45) is 0 Å². The minimum atomic E-state index is -3.15. The molecular weight excluding hydrogens is 506 g/mol. The van der Waals surface area contributed by atoms with Gasteiger partial charge in [-0.1, -0.05) is 6.07 Å². The van der Waals surface area contributed by atoms with E-state index in [1.807, 2.05) is 37.4 Å². The summed E-state index contributed by atoms with van der Waals surface area (Å²) < 4.78 is 25.0. The van der Waals surface area contributed by atoms with Gasteiger partial charge in [0.25, 0.3) is 0 Å². The summed E-state index contributed by atoms with van der Waals surface area (Å²) in [6.45, 7) is 5.30. The first-order valence-electron chi connectivity index (χ1n) is 12.3. The molecule has 1 saturated heterocycles. The van der Waals surface area contributed by atoms with Crippen molar-refractivity contribution >= 4 is 33.0 Å². The highest BCUT2D eigenvalue weighted by atomic mass is 32.2. The number of pyridine rings is 1. The number of nitrogens with zero attached hydrogens (tertiary/aromatic N) is 6. The second-order valence-electron chi connectivity index (χ2n) is 9.04. The molecule has 0 aliphatic carbocycles. The molecule has 1 aliphatic rings. The first-order chi connectivity index (χ1) is 18.3. The number of urea groups is 1. The molecule has 0 unspecified atom stereocenters. The summed E-state index contributed by atoms with van der Waals surface area (Å²) in [5.41, 5.74) is 4.81. The molecule has 1 aliphatic heterocycles. The molecule has 38 heavy (non-hydrogen) atoms. The lowest BCUT2D eigenvalue weighted by atomic mass is 10.0. The standard InChI is InChI=1S/C25H29N9O3S/c1-3-26-25(35)32-24-30-21-14-18(13-20(22(21)31-24)23-27-7-4-8-28-23)17-5-6-19(29-15-17)16-33-9-11-34(12-10-33)38(2,36)37/h4-8,13-15H,3,9-12,16H2,1-2H3,(H3,26,30,31,32,35). The molecule has 4 aromatic rings. The van der Waals surface area contributed by atoms with Crippen molar-refractivity contribution in [2.45, 2.75) is 13.5 Å². The Balaban J connectivity index is 1.40. The topological polar surface area (TPSA) is 149 Å². The highest BCUT2D eigenvalue weighted by Gasteiger charge is 2.23. The van der Waals surface area contributed by atoms with Crippen molar-refractivity contribution in [2.75, 3.05) is 44.3 Å². The molecular formula is C25H29N9O3S. The number of carbonyl (C=O) groups is 1.